The summed E-state index contributed by atoms with van der Waals surface area (Å²) in [6.07, 6.45) is 0. The van der Waals surface area contributed by atoms with Crippen LogP contribution >= 0.6 is 27.3 Å². The van der Waals surface area contributed by atoms with Crippen LogP contribution < -0.4 is 0 Å². The number of fused-ring (bicyclic) bond motifs is 1. The van der Waals surface area contributed by atoms with Gasteiger partial charge in [0, 0.05) is 14.6 Å². The van der Waals surface area contributed by atoms with Crippen molar-refractivity contribution in [3.05, 3.63) is 22.0 Å². The molecule has 2 nitrogen and oxygen atoms in total. The van der Waals surface area contributed by atoms with Gasteiger partial charge in [0.05, 0.1) is 5.39 Å². The summed E-state index contributed by atoms with van der Waals surface area (Å²) < 4.78 is 1.69. The van der Waals surface area contributed by atoms with Gasteiger partial charge in [0.25, 0.3) is 0 Å². The first kappa shape index (κ1) is 7.89. The Labute approximate surface area is 81.2 Å². The number of thiophene rings is 1. The zero-order valence-electron chi connectivity index (χ0n) is 5.91. The fourth-order valence-electron chi connectivity index (χ4n) is 1.10. The van der Waals surface area contributed by atoms with E-state index in [2.05, 4.69) is 15.9 Å². The molecule has 4 heteroatoms. The molecule has 2 aromatic rings. The molecular formula is C8H5BrO2S. The van der Waals surface area contributed by atoms with Crippen LogP contribution in [0.2, 0.25) is 0 Å². The average Bonchev–Trinajstić information content (AvgIpc) is 2.31. The van der Waals surface area contributed by atoms with Gasteiger partial charge in [-0.05, 0) is 12.1 Å². The standard InChI is InChI=1S/C8H5BrO2S/c9-4-1-5(10)8-6(11)3-12-7(8)2-4/h1-3,10-11H. The lowest BCUT2D eigenvalue weighted by atomic mass is 10.2. The molecule has 0 spiro atoms. The molecule has 62 valence electrons. The third-order valence-electron chi connectivity index (χ3n) is 1.60. The van der Waals surface area contributed by atoms with Gasteiger partial charge in [-0.15, -0.1) is 11.3 Å². The molecule has 0 aliphatic rings. The molecule has 0 saturated heterocycles. The average molecular weight is 245 g/mol. The number of hydrogen-bond donors (Lipinski definition) is 2. The second-order valence-corrected chi connectivity index (χ2v) is 4.25. The Morgan fingerprint density at radius 2 is 1.92 bits per heavy atom. The van der Waals surface area contributed by atoms with Crippen molar-refractivity contribution in [1.29, 1.82) is 0 Å². The van der Waals surface area contributed by atoms with Gasteiger partial charge >= 0.3 is 0 Å². The van der Waals surface area contributed by atoms with E-state index in [1.165, 1.54) is 11.3 Å². The fraction of sp³-hybridized carbons (Fsp3) is 0. The van der Waals surface area contributed by atoms with Crippen LogP contribution in [-0.4, -0.2) is 10.2 Å². The number of halogens is 1. The van der Waals surface area contributed by atoms with Crippen molar-refractivity contribution in [3.8, 4) is 11.5 Å². The second kappa shape index (κ2) is 2.64. The molecule has 1 aromatic heterocycles. The van der Waals surface area contributed by atoms with Crippen molar-refractivity contribution in [1.82, 2.24) is 0 Å². The molecule has 0 fully saturated rings. The Morgan fingerprint density at radius 1 is 1.17 bits per heavy atom. The number of benzene rings is 1. The minimum Gasteiger partial charge on any atom is -0.507 e. The van der Waals surface area contributed by atoms with Gasteiger partial charge in [-0.2, -0.15) is 0 Å². The van der Waals surface area contributed by atoms with E-state index in [-0.39, 0.29) is 11.5 Å². The maximum Gasteiger partial charge on any atom is 0.137 e. The summed E-state index contributed by atoms with van der Waals surface area (Å²) >= 11 is 4.66. The van der Waals surface area contributed by atoms with Crippen LogP contribution in [0.1, 0.15) is 0 Å². The number of phenols is 1. The van der Waals surface area contributed by atoms with Gasteiger partial charge in [-0.25, -0.2) is 0 Å². The Balaban J connectivity index is 2.93. The van der Waals surface area contributed by atoms with E-state index in [0.29, 0.717) is 5.39 Å². The van der Waals surface area contributed by atoms with Crippen LogP contribution in [-0.2, 0) is 0 Å². The largest absolute Gasteiger partial charge is 0.507 e. The highest BCUT2D eigenvalue weighted by molar-refractivity contribution is 9.10. The molecule has 0 amide bonds. The first-order valence-electron chi connectivity index (χ1n) is 3.27. The first-order chi connectivity index (χ1) is 5.68. The van der Waals surface area contributed by atoms with E-state index in [4.69, 9.17) is 0 Å². The highest BCUT2D eigenvalue weighted by Crippen LogP contribution is 2.39. The summed E-state index contributed by atoms with van der Waals surface area (Å²) in [5.74, 6) is 0.248. The Morgan fingerprint density at radius 3 is 2.67 bits per heavy atom. The van der Waals surface area contributed by atoms with Crippen molar-refractivity contribution in [2.24, 2.45) is 0 Å². The molecule has 0 bridgehead atoms. The first-order valence-corrected chi connectivity index (χ1v) is 4.94. The smallest absolute Gasteiger partial charge is 0.137 e. The lowest BCUT2D eigenvalue weighted by Gasteiger charge is -1.96. The zero-order valence-corrected chi connectivity index (χ0v) is 8.32. The number of phenolic OH excluding ortho intramolecular Hbond substituents is 1. The second-order valence-electron chi connectivity index (χ2n) is 2.42. The Hall–Kier alpha value is -0.740. The fourth-order valence-corrected chi connectivity index (χ4v) is 2.57. The van der Waals surface area contributed by atoms with E-state index in [0.717, 1.165) is 9.17 Å². The van der Waals surface area contributed by atoms with Crippen molar-refractivity contribution in [2.45, 2.75) is 0 Å². The predicted octanol–water partition coefficient (Wildman–Crippen LogP) is 3.08. The van der Waals surface area contributed by atoms with E-state index in [1.807, 2.05) is 6.07 Å². The summed E-state index contributed by atoms with van der Waals surface area (Å²) in [5, 5.41) is 20.9. The topological polar surface area (TPSA) is 40.5 Å². The Bertz CT molecular complexity index is 436. The third-order valence-corrected chi connectivity index (χ3v) is 2.97. The SMILES string of the molecule is Oc1csc2cc(Br)cc(O)c12. The van der Waals surface area contributed by atoms with Gasteiger partial charge in [0.15, 0.2) is 0 Å². The normalized spacial score (nSPS) is 10.8. The van der Waals surface area contributed by atoms with Crippen molar-refractivity contribution in [3.63, 3.8) is 0 Å². The van der Waals surface area contributed by atoms with Gasteiger partial charge in [-0.3, -0.25) is 0 Å². The molecule has 12 heavy (non-hydrogen) atoms. The van der Waals surface area contributed by atoms with E-state index in [1.54, 1.807) is 11.4 Å². The summed E-state index contributed by atoms with van der Waals surface area (Å²) in [5.41, 5.74) is 0. The van der Waals surface area contributed by atoms with Gasteiger partial charge in [-0.1, -0.05) is 15.9 Å². The summed E-state index contributed by atoms with van der Waals surface area (Å²) in [6, 6.07) is 3.42. The number of rotatable bonds is 0. The van der Waals surface area contributed by atoms with Gasteiger partial charge in [0.1, 0.15) is 11.5 Å². The van der Waals surface area contributed by atoms with E-state index in [9.17, 15) is 10.2 Å². The molecule has 0 saturated carbocycles. The predicted molar refractivity (Wildman–Crippen MR) is 52.9 cm³/mol. The summed E-state index contributed by atoms with van der Waals surface area (Å²) in [4.78, 5) is 0. The molecule has 2 N–H and O–H groups in total. The quantitative estimate of drug-likeness (QED) is 0.748. The van der Waals surface area contributed by atoms with Crippen LogP contribution in [0, 0.1) is 0 Å². The number of hydrogen-bond acceptors (Lipinski definition) is 3. The number of aromatic hydroxyl groups is 2. The van der Waals surface area contributed by atoms with Gasteiger partial charge in [0.2, 0.25) is 0 Å². The maximum atomic E-state index is 9.44. The van der Waals surface area contributed by atoms with E-state index < -0.39 is 0 Å². The van der Waals surface area contributed by atoms with Crippen LogP contribution in [0.3, 0.4) is 0 Å². The lowest BCUT2D eigenvalue weighted by Crippen LogP contribution is -1.68. The third kappa shape index (κ3) is 1.07. The minimum absolute atomic E-state index is 0.109. The molecule has 0 atom stereocenters. The van der Waals surface area contributed by atoms with Crippen LogP contribution in [0.15, 0.2) is 22.0 Å². The molecule has 0 aliphatic heterocycles. The molecule has 2 rings (SSSR count). The zero-order chi connectivity index (χ0) is 8.72. The van der Waals surface area contributed by atoms with Crippen molar-refractivity contribution < 1.29 is 10.2 Å². The van der Waals surface area contributed by atoms with Crippen molar-refractivity contribution in [2.75, 3.05) is 0 Å². The minimum atomic E-state index is 0.109. The molecule has 1 aromatic carbocycles. The van der Waals surface area contributed by atoms with Gasteiger partial charge < -0.3 is 10.2 Å². The molecular weight excluding hydrogens is 240 g/mol. The maximum absolute atomic E-state index is 9.44. The molecule has 1 heterocycles. The molecule has 0 unspecified atom stereocenters. The van der Waals surface area contributed by atoms with Crippen molar-refractivity contribution >= 4 is 37.4 Å². The summed E-state index contributed by atoms with van der Waals surface area (Å²) in [6.45, 7) is 0. The lowest BCUT2D eigenvalue weighted by molar-refractivity contribution is 0.465. The Kier molecular flexibility index (Phi) is 1.73. The van der Waals surface area contributed by atoms with Crippen LogP contribution in [0.4, 0.5) is 0 Å². The molecule has 0 aliphatic carbocycles. The monoisotopic (exact) mass is 244 g/mol. The van der Waals surface area contributed by atoms with Crippen LogP contribution in [0.5, 0.6) is 11.5 Å². The van der Waals surface area contributed by atoms with E-state index >= 15 is 0 Å². The highest BCUT2D eigenvalue weighted by atomic mass is 79.9. The molecule has 0 radical (unpaired) electrons. The summed E-state index contributed by atoms with van der Waals surface area (Å²) in [7, 11) is 0. The van der Waals surface area contributed by atoms with Crippen LogP contribution in [0.25, 0.3) is 10.1 Å². The highest BCUT2D eigenvalue weighted by Gasteiger charge is 2.07.